The van der Waals surface area contributed by atoms with E-state index < -0.39 is 100 Å². The van der Waals surface area contributed by atoms with Gasteiger partial charge >= 0.3 is 23.9 Å². The SMILES string of the molecule is CC(=O)OC[C@H]1O[C@@H](Oc2ccc(N3C(=O)C4C5(C)C(c6ccccc6)=C(c6ccccc6)C(C)(C5O)C4(Br)C3=O)cc2)[C@H](OC(C)=O)[C@@H](OC(C)=O)[C@@H]1OC(C)=O. The van der Waals surface area contributed by atoms with Gasteiger partial charge in [-0.1, -0.05) is 90.4 Å². The average Bonchev–Trinajstić information content (AvgIpc) is 3.56. The minimum atomic E-state index is -1.53. The maximum atomic E-state index is 14.9. The molecule has 14 nitrogen and oxygen atoms in total. The lowest BCUT2D eigenvalue weighted by Crippen LogP contribution is -2.63. The van der Waals surface area contributed by atoms with Crippen molar-refractivity contribution in [3.8, 4) is 5.75 Å². The Morgan fingerprint density at radius 3 is 1.78 bits per heavy atom. The van der Waals surface area contributed by atoms with Crippen LogP contribution in [0.5, 0.6) is 5.75 Å². The van der Waals surface area contributed by atoms with Gasteiger partial charge in [0.1, 0.15) is 22.8 Å². The van der Waals surface area contributed by atoms with Crippen LogP contribution in [-0.4, -0.2) is 88.5 Å². The highest BCUT2D eigenvalue weighted by atomic mass is 79.9. The largest absolute Gasteiger partial charge is 0.463 e. The molecule has 2 aliphatic heterocycles. The van der Waals surface area contributed by atoms with Gasteiger partial charge < -0.3 is 33.5 Å². The Bertz CT molecular complexity index is 2200. The number of fused-ring (bicyclic) bond motifs is 5. The topological polar surface area (TPSA) is 181 Å². The number of anilines is 1. The minimum Gasteiger partial charge on any atom is -0.463 e. The van der Waals surface area contributed by atoms with E-state index in [0.717, 1.165) is 47.9 Å². The summed E-state index contributed by atoms with van der Waals surface area (Å²) in [6, 6.07) is 25.1. The summed E-state index contributed by atoms with van der Waals surface area (Å²) in [5.41, 5.74) is 1.02. The normalized spacial score (nSPS) is 32.4. The van der Waals surface area contributed by atoms with Crippen LogP contribution in [0.3, 0.4) is 0 Å². The number of aliphatic hydroxyl groups excluding tert-OH is 1. The molecule has 0 spiro atoms. The van der Waals surface area contributed by atoms with Gasteiger partial charge in [-0.05, 0) is 46.5 Å². The van der Waals surface area contributed by atoms with E-state index >= 15 is 0 Å². The number of carbonyl (C=O) groups is 6. The Kier molecular flexibility index (Phi) is 10.6. The standard InChI is InChI=1S/C43H42BrNO13/c1-22(46)53-21-30-33(54-23(2)47)34(55-24(3)48)35(56-25(4)49)38(58-30)57-29-19-17-28(18-20-29)45-37(50)36-41(5)31(26-13-9-7-10-14-26)32(27-15-11-8-12-16-27)42(6,39(41)51)43(36,44)40(45)52/h7-20,30,33-36,38-39,51H,21H2,1-6H3/t30-,33-,34+,35-,36?,38-,39?,41?,42?,43?/m1/s1. The molecule has 1 N–H and O–H groups in total. The molecule has 2 amide bonds. The molecule has 5 unspecified atom stereocenters. The zero-order valence-electron chi connectivity index (χ0n) is 32.5. The van der Waals surface area contributed by atoms with Crippen LogP contribution in [0.4, 0.5) is 5.69 Å². The molecule has 1 saturated carbocycles. The summed E-state index contributed by atoms with van der Waals surface area (Å²) >= 11 is 3.83. The second-order valence-corrected chi connectivity index (χ2v) is 16.4. The van der Waals surface area contributed by atoms with Crippen LogP contribution in [0.15, 0.2) is 84.9 Å². The van der Waals surface area contributed by atoms with Crippen LogP contribution in [0.25, 0.3) is 11.1 Å². The Morgan fingerprint density at radius 1 is 0.724 bits per heavy atom. The van der Waals surface area contributed by atoms with Gasteiger partial charge in [0.25, 0.3) is 5.91 Å². The van der Waals surface area contributed by atoms with Crippen LogP contribution >= 0.6 is 15.9 Å². The summed E-state index contributed by atoms with van der Waals surface area (Å²) in [6.07, 6.45) is -8.12. The van der Waals surface area contributed by atoms with E-state index in [4.69, 9.17) is 28.4 Å². The van der Waals surface area contributed by atoms with Gasteiger partial charge in [-0.15, -0.1) is 0 Å². The lowest BCUT2D eigenvalue weighted by molar-refractivity contribution is -0.288. The third kappa shape index (κ3) is 6.30. The first-order valence-electron chi connectivity index (χ1n) is 18.6. The molecule has 2 saturated heterocycles. The Labute approximate surface area is 342 Å². The summed E-state index contributed by atoms with van der Waals surface area (Å²) in [6.45, 7) is 7.76. The number of ether oxygens (including phenoxy) is 6. The maximum Gasteiger partial charge on any atom is 0.303 e. The second kappa shape index (κ2) is 15.1. The first-order valence-corrected chi connectivity index (χ1v) is 19.4. The molecular formula is C43H42BrNO13. The highest BCUT2D eigenvalue weighted by molar-refractivity contribution is 9.10. The van der Waals surface area contributed by atoms with Crippen LogP contribution in [-0.2, 0) is 52.5 Å². The lowest BCUT2D eigenvalue weighted by Gasteiger charge is -2.43. The van der Waals surface area contributed by atoms with Gasteiger partial charge in [0.05, 0.1) is 17.7 Å². The fraction of sp³-hybridized carbons (Fsp3) is 0.395. The highest BCUT2D eigenvalue weighted by Crippen LogP contribution is 2.79. The molecule has 3 aromatic rings. The highest BCUT2D eigenvalue weighted by Gasteiger charge is 2.85. The summed E-state index contributed by atoms with van der Waals surface area (Å²) in [4.78, 5) is 79.2. The van der Waals surface area contributed by atoms with E-state index in [9.17, 15) is 33.9 Å². The summed E-state index contributed by atoms with van der Waals surface area (Å²) in [7, 11) is 0. The predicted molar refractivity (Wildman–Crippen MR) is 209 cm³/mol. The summed E-state index contributed by atoms with van der Waals surface area (Å²) < 4.78 is 32.3. The smallest absolute Gasteiger partial charge is 0.303 e. The molecule has 58 heavy (non-hydrogen) atoms. The Hall–Kier alpha value is -5.38. The van der Waals surface area contributed by atoms with Crippen molar-refractivity contribution in [2.75, 3.05) is 11.5 Å². The number of rotatable bonds is 10. The van der Waals surface area contributed by atoms with Crippen LogP contribution in [0.1, 0.15) is 52.7 Å². The van der Waals surface area contributed by atoms with E-state index in [2.05, 4.69) is 15.9 Å². The summed E-state index contributed by atoms with van der Waals surface area (Å²) in [5.74, 6) is -4.95. The van der Waals surface area contributed by atoms with Gasteiger partial charge in [0.15, 0.2) is 12.2 Å². The third-order valence-corrected chi connectivity index (χ3v) is 13.2. The molecule has 7 rings (SSSR count). The van der Waals surface area contributed by atoms with E-state index in [-0.39, 0.29) is 11.4 Å². The number of amides is 2. The van der Waals surface area contributed by atoms with E-state index in [1.54, 1.807) is 0 Å². The number of hydrogen-bond acceptors (Lipinski definition) is 13. The molecule has 304 valence electrons. The molecule has 2 aliphatic carbocycles. The molecule has 2 bridgehead atoms. The number of nitrogens with zero attached hydrogens (tertiary/aromatic N) is 1. The number of aliphatic hydroxyl groups is 1. The van der Waals surface area contributed by atoms with Crippen LogP contribution in [0, 0.1) is 16.7 Å². The fourth-order valence-electron chi connectivity index (χ4n) is 9.41. The second-order valence-electron chi connectivity index (χ2n) is 15.2. The maximum absolute atomic E-state index is 14.9. The van der Waals surface area contributed by atoms with Gasteiger partial charge in [-0.3, -0.25) is 28.8 Å². The molecule has 4 aliphatic rings. The van der Waals surface area contributed by atoms with Gasteiger partial charge in [0, 0.05) is 38.5 Å². The van der Waals surface area contributed by atoms with Crippen molar-refractivity contribution in [3.05, 3.63) is 96.1 Å². The first-order chi connectivity index (χ1) is 27.5. The van der Waals surface area contributed by atoms with Crippen LogP contribution < -0.4 is 9.64 Å². The molecule has 10 atom stereocenters. The molecular weight excluding hydrogens is 818 g/mol. The fourth-order valence-corrected chi connectivity index (χ4v) is 10.7. The third-order valence-electron chi connectivity index (χ3n) is 11.6. The zero-order valence-corrected chi connectivity index (χ0v) is 34.1. The van der Waals surface area contributed by atoms with Gasteiger partial charge in [0.2, 0.25) is 18.3 Å². The quantitative estimate of drug-likeness (QED) is 0.127. The molecule has 0 radical (unpaired) electrons. The summed E-state index contributed by atoms with van der Waals surface area (Å²) in [5, 5.41) is 12.3. The van der Waals surface area contributed by atoms with Crippen molar-refractivity contribution in [3.63, 3.8) is 0 Å². The lowest BCUT2D eigenvalue weighted by atomic mass is 9.63. The number of imide groups is 1. The van der Waals surface area contributed by atoms with E-state index in [1.165, 1.54) is 31.2 Å². The Morgan fingerprint density at radius 2 is 1.24 bits per heavy atom. The number of benzene rings is 3. The van der Waals surface area contributed by atoms with Crippen molar-refractivity contribution in [1.29, 1.82) is 0 Å². The van der Waals surface area contributed by atoms with Gasteiger partial charge in [-0.2, -0.15) is 0 Å². The number of esters is 4. The number of halogens is 1. The predicted octanol–water partition coefficient (Wildman–Crippen LogP) is 4.78. The van der Waals surface area contributed by atoms with Crippen molar-refractivity contribution in [2.24, 2.45) is 16.7 Å². The first kappa shape index (κ1) is 40.8. The monoisotopic (exact) mass is 859 g/mol. The molecule has 15 heteroatoms. The number of carbonyl (C=O) groups excluding carboxylic acids is 6. The Balaban J connectivity index is 1.23. The van der Waals surface area contributed by atoms with Crippen LogP contribution in [0.2, 0.25) is 0 Å². The molecule has 3 aromatic carbocycles. The minimum absolute atomic E-state index is 0.117. The molecule has 3 fully saturated rings. The van der Waals surface area contributed by atoms with Crippen molar-refractivity contribution in [2.45, 2.75) is 82.7 Å². The van der Waals surface area contributed by atoms with Crippen molar-refractivity contribution in [1.82, 2.24) is 0 Å². The van der Waals surface area contributed by atoms with Gasteiger partial charge in [-0.25, -0.2) is 4.90 Å². The molecule has 2 heterocycles. The molecule has 0 aromatic heterocycles. The van der Waals surface area contributed by atoms with E-state index in [1.807, 2.05) is 74.5 Å². The van der Waals surface area contributed by atoms with E-state index in [0.29, 0.717) is 0 Å². The average molecular weight is 861 g/mol. The van der Waals surface area contributed by atoms with Crippen molar-refractivity contribution < 1.29 is 62.3 Å². The zero-order chi connectivity index (χ0) is 41.9. The number of alkyl halides is 1. The van der Waals surface area contributed by atoms with Crippen molar-refractivity contribution >= 4 is 68.5 Å². The number of hydrogen-bond donors (Lipinski definition) is 1.